The Morgan fingerprint density at radius 2 is 2.14 bits per heavy atom. The molecule has 1 aromatic heterocycles. The molecule has 0 fully saturated rings. The van der Waals surface area contributed by atoms with Crippen LogP contribution in [0.5, 0.6) is 0 Å². The molecule has 0 amide bonds. The van der Waals surface area contributed by atoms with Crippen molar-refractivity contribution in [2.75, 3.05) is 12.8 Å². The summed E-state index contributed by atoms with van der Waals surface area (Å²) in [5.74, 6) is 0.724. The van der Waals surface area contributed by atoms with Crippen LogP contribution in [0, 0.1) is 0 Å². The molecule has 80 valence electrons. The van der Waals surface area contributed by atoms with Crippen molar-refractivity contribution in [3.63, 3.8) is 0 Å². The first-order chi connectivity index (χ1) is 6.45. The Balaban J connectivity index is 2.71. The summed E-state index contributed by atoms with van der Waals surface area (Å²) in [6, 6.07) is 3.48. The van der Waals surface area contributed by atoms with E-state index in [4.69, 9.17) is 4.42 Å². The lowest BCUT2D eigenvalue weighted by Crippen LogP contribution is -2.27. The van der Waals surface area contributed by atoms with Crippen molar-refractivity contribution in [3.8, 4) is 0 Å². The molecule has 0 aliphatic carbocycles. The SMILES string of the molecule is CCS(=O)(=O)N(C)Cc1ccc(Br)o1. The second kappa shape index (κ2) is 4.46. The van der Waals surface area contributed by atoms with Gasteiger partial charge in [-0.1, -0.05) is 0 Å². The van der Waals surface area contributed by atoms with Gasteiger partial charge in [-0.05, 0) is 35.0 Å². The molecule has 0 radical (unpaired) electrons. The van der Waals surface area contributed by atoms with Crippen LogP contribution in [0.4, 0.5) is 0 Å². The predicted molar refractivity (Wildman–Crippen MR) is 57.3 cm³/mol. The Hall–Kier alpha value is -0.330. The fourth-order valence-electron chi connectivity index (χ4n) is 0.975. The maximum atomic E-state index is 11.4. The highest BCUT2D eigenvalue weighted by Gasteiger charge is 2.16. The molecule has 1 aromatic rings. The van der Waals surface area contributed by atoms with Gasteiger partial charge in [-0.15, -0.1) is 0 Å². The molecule has 0 spiro atoms. The number of rotatable bonds is 4. The minimum Gasteiger partial charge on any atom is -0.453 e. The third-order valence-corrected chi connectivity index (χ3v) is 4.08. The molecule has 0 N–H and O–H groups in total. The summed E-state index contributed by atoms with van der Waals surface area (Å²) >= 11 is 3.15. The van der Waals surface area contributed by atoms with Crippen LogP contribution < -0.4 is 0 Å². The molecule has 6 heteroatoms. The molecule has 0 aliphatic rings. The summed E-state index contributed by atoms with van der Waals surface area (Å²) < 4.78 is 29.9. The Morgan fingerprint density at radius 3 is 2.57 bits per heavy atom. The largest absolute Gasteiger partial charge is 0.453 e. The van der Waals surface area contributed by atoms with Gasteiger partial charge in [0.1, 0.15) is 5.76 Å². The number of hydrogen-bond acceptors (Lipinski definition) is 3. The second-order valence-electron chi connectivity index (χ2n) is 2.86. The van der Waals surface area contributed by atoms with Crippen LogP contribution in [-0.2, 0) is 16.6 Å². The Morgan fingerprint density at radius 1 is 1.50 bits per heavy atom. The topological polar surface area (TPSA) is 50.5 Å². The van der Waals surface area contributed by atoms with E-state index in [2.05, 4.69) is 15.9 Å². The van der Waals surface area contributed by atoms with E-state index < -0.39 is 10.0 Å². The molecule has 0 aliphatic heterocycles. The zero-order chi connectivity index (χ0) is 10.8. The number of hydrogen-bond donors (Lipinski definition) is 0. The normalized spacial score (nSPS) is 12.3. The van der Waals surface area contributed by atoms with Crippen LogP contribution in [0.2, 0.25) is 0 Å². The summed E-state index contributed by atoms with van der Waals surface area (Å²) in [4.78, 5) is 0. The minimum absolute atomic E-state index is 0.103. The van der Waals surface area contributed by atoms with Crippen molar-refractivity contribution in [3.05, 3.63) is 22.6 Å². The summed E-state index contributed by atoms with van der Waals surface area (Å²) in [6.45, 7) is 1.88. The van der Waals surface area contributed by atoms with E-state index in [1.807, 2.05) is 0 Å². The molecule has 1 rings (SSSR count). The number of furan rings is 1. The lowest BCUT2D eigenvalue weighted by atomic mass is 10.4. The van der Waals surface area contributed by atoms with Crippen molar-refractivity contribution < 1.29 is 12.8 Å². The van der Waals surface area contributed by atoms with E-state index in [0.717, 1.165) is 0 Å². The number of sulfonamides is 1. The van der Waals surface area contributed by atoms with Gasteiger partial charge >= 0.3 is 0 Å². The highest BCUT2D eigenvalue weighted by atomic mass is 79.9. The zero-order valence-electron chi connectivity index (χ0n) is 8.03. The maximum absolute atomic E-state index is 11.4. The molecule has 0 atom stereocenters. The fourth-order valence-corrected chi connectivity index (χ4v) is 2.08. The van der Waals surface area contributed by atoms with Gasteiger partial charge in [0, 0.05) is 7.05 Å². The summed E-state index contributed by atoms with van der Waals surface area (Å²) in [5.41, 5.74) is 0. The van der Waals surface area contributed by atoms with Gasteiger partial charge in [0.25, 0.3) is 0 Å². The maximum Gasteiger partial charge on any atom is 0.213 e. The van der Waals surface area contributed by atoms with Crippen LogP contribution in [0.15, 0.2) is 21.2 Å². The molecule has 0 saturated heterocycles. The lowest BCUT2D eigenvalue weighted by Gasteiger charge is -2.13. The van der Waals surface area contributed by atoms with Crippen molar-refractivity contribution in [1.82, 2.24) is 4.31 Å². The minimum atomic E-state index is -3.13. The van der Waals surface area contributed by atoms with E-state index >= 15 is 0 Å². The van der Waals surface area contributed by atoms with Crippen LogP contribution in [0.3, 0.4) is 0 Å². The molecule has 0 aromatic carbocycles. The average molecular weight is 282 g/mol. The third-order valence-electron chi connectivity index (χ3n) is 1.85. The predicted octanol–water partition coefficient (Wildman–Crippen LogP) is 1.82. The van der Waals surface area contributed by atoms with Gasteiger partial charge in [-0.2, -0.15) is 4.31 Å². The molecule has 0 unspecified atom stereocenters. The zero-order valence-corrected chi connectivity index (χ0v) is 10.4. The molecule has 0 bridgehead atoms. The van der Waals surface area contributed by atoms with Crippen LogP contribution in [0.1, 0.15) is 12.7 Å². The quantitative estimate of drug-likeness (QED) is 0.846. The molecule has 1 heterocycles. The van der Waals surface area contributed by atoms with Crippen molar-refractivity contribution >= 4 is 26.0 Å². The molecular weight excluding hydrogens is 270 g/mol. The fraction of sp³-hybridized carbons (Fsp3) is 0.500. The van der Waals surface area contributed by atoms with Crippen LogP contribution in [-0.4, -0.2) is 25.5 Å². The first-order valence-electron chi connectivity index (χ1n) is 4.14. The van der Waals surface area contributed by atoms with Gasteiger partial charge in [0.05, 0.1) is 12.3 Å². The first kappa shape index (κ1) is 11.7. The Labute approximate surface area is 92.1 Å². The smallest absolute Gasteiger partial charge is 0.213 e. The van der Waals surface area contributed by atoms with E-state index in [9.17, 15) is 8.42 Å². The van der Waals surface area contributed by atoms with E-state index in [-0.39, 0.29) is 12.3 Å². The molecular formula is C8H12BrNO3S. The van der Waals surface area contributed by atoms with Crippen LogP contribution in [0.25, 0.3) is 0 Å². The number of nitrogens with zero attached hydrogens (tertiary/aromatic N) is 1. The highest BCUT2D eigenvalue weighted by molar-refractivity contribution is 9.10. The summed E-state index contributed by atoms with van der Waals surface area (Å²) in [5, 5.41) is 0. The lowest BCUT2D eigenvalue weighted by molar-refractivity contribution is 0.399. The monoisotopic (exact) mass is 281 g/mol. The van der Waals surface area contributed by atoms with Crippen molar-refractivity contribution in [2.45, 2.75) is 13.5 Å². The highest BCUT2D eigenvalue weighted by Crippen LogP contribution is 2.16. The van der Waals surface area contributed by atoms with Crippen molar-refractivity contribution in [2.24, 2.45) is 0 Å². The third kappa shape index (κ3) is 2.83. The van der Waals surface area contributed by atoms with Gasteiger partial charge < -0.3 is 4.42 Å². The standard InChI is InChI=1S/C8H12BrNO3S/c1-3-14(11,12)10(2)6-7-4-5-8(9)13-7/h4-5H,3,6H2,1-2H3. The Kier molecular flexibility index (Phi) is 3.74. The van der Waals surface area contributed by atoms with Crippen molar-refractivity contribution in [1.29, 1.82) is 0 Å². The average Bonchev–Trinajstić information content (AvgIpc) is 2.51. The van der Waals surface area contributed by atoms with Gasteiger partial charge in [-0.25, -0.2) is 8.42 Å². The van der Waals surface area contributed by atoms with E-state index in [1.165, 1.54) is 11.4 Å². The van der Waals surface area contributed by atoms with E-state index in [1.54, 1.807) is 19.1 Å². The molecule has 0 saturated carbocycles. The second-order valence-corrected chi connectivity index (χ2v) is 6.01. The summed E-state index contributed by atoms with van der Waals surface area (Å²) in [6.07, 6.45) is 0. The molecule has 14 heavy (non-hydrogen) atoms. The Bertz CT molecular complexity index is 398. The van der Waals surface area contributed by atoms with Crippen LogP contribution >= 0.6 is 15.9 Å². The van der Waals surface area contributed by atoms with Gasteiger partial charge in [0.2, 0.25) is 10.0 Å². The molecule has 4 nitrogen and oxygen atoms in total. The first-order valence-corrected chi connectivity index (χ1v) is 6.54. The van der Waals surface area contributed by atoms with E-state index in [0.29, 0.717) is 10.4 Å². The summed E-state index contributed by atoms with van der Waals surface area (Å²) in [7, 11) is -1.59. The van der Waals surface area contributed by atoms with Gasteiger partial charge in [-0.3, -0.25) is 0 Å². The van der Waals surface area contributed by atoms with Gasteiger partial charge in [0.15, 0.2) is 4.67 Å². The number of halogens is 1.